The van der Waals surface area contributed by atoms with Crippen LogP contribution >= 0.6 is 11.8 Å². The molecule has 0 aliphatic rings. The summed E-state index contributed by atoms with van der Waals surface area (Å²) in [6.45, 7) is 3.11. The second kappa shape index (κ2) is 8.28. The van der Waals surface area contributed by atoms with Gasteiger partial charge < -0.3 is 4.90 Å². The standard InChI is InChI=1S/C21H23N3S/c1-16-20(25-15-14-24(2)3)19(17-10-6-4-7-11-17)23-21(22-16)18-12-8-5-9-13-18/h4-13H,14-15H2,1-3H3. The molecular weight excluding hydrogens is 326 g/mol. The average molecular weight is 350 g/mol. The van der Waals surface area contributed by atoms with Crippen LogP contribution in [0, 0.1) is 6.92 Å². The highest BCUT2D eigenvalue weighted by atomic mass is 32.2. The topological polar surface area (TPSA) is 29.0 Å². The maximum absolute atomic E-state index is 4.93. The Morgan fingerprint density at radius 3 is 2.04 bits per heavy atom. The first-order valence-corrected chi connectivity index (χ1v) is 9.40. The fourth-order valence-corrected chi connectivity index (χ4v) is 3.79. The Morgan fingerprint density at radius 1 is 0.840 bits per heavy atom. The fourth-order valence-electron chi connectivity index (χ4n) is 2.57. The van der Waals surface area contributed by atoms with Crippen molar-refractivity contribution in [2.45, 2.75) is 11.8 Å². The molecule has 0 unspecified atom stereocenters. The first-order valence-electron chi connectivity index (χ1n) is 8.42. The lowest BCUT2D eigenvalue weighted by atomic mass is 10.1. The molecule has 3 aromatic rings. The van der Waals surface area contributed by atoms with Crippen molar-refractivity contribution in [2.24, 2.45) is 0 Å². The molecule has 4 heteroatoms. The van der Waals surface area contributed by atoms with Crippen LogP contribution in [0.2, 0.25) is 0 Å². The predicted molar refractivity (Wildman–Crippen MR) is 107 cm³/mol. The van der Waals surface area contributed by atoms with Gasteiger partial charge in [-0.3, -0.25) is 0 Å². The molecule has 0 spiro atoms. The molecule has 0 saturated heterocycles. The van der Waals surface area contributed by atoms with Gasteiger partial charge in [0.1, 0.15) is 0 Å². The van der Waals surface area contributed by atoms with Gasteiger partial charge in [-0.1, -0.05) is 60.7 Å². The van der Waals surface area contributed by atoms with E-state index in [1.54, 1.807) is 0 Å². The second-order valence-corrected chi connectivity index (χ2v) is 7.30. The number of thioether (sulfide) groups is 1. The Labute approximate surface area is 154 Å². The molecular formula is C21H23N3S. The maximum atomic E-state index is 4.93. The molecule has 2 aromatic carbocycles. The Morgan fingerprint density at radius 2 is 1.44 bits per heavy atom. The number of nitrogens with zero attached hydrogens (tertiary/aromatic N) is 3. The summed E-state index contributed by atoms with van der Waals surface area (Å²) >= 11 is 1.83. The lowest BCUT2D eigenvalue weighted by molar-refractivity contribution is 0.437. The van der Waals surface area contributed by atoms with Crippen LogP contribution in [0.15, 0.2) is 65.6 Å². The summed E-state index contributed by atoms with van der Waals surface area (Å²) in [5.74, 6) is 1.80. The number of rotatable bonds is 6. The van der Waals surface area contributed by atoms with E-state index >= 15 is 0 Å². The lowest BCUT2D eigenvalue weighted by Gasteiger charge is -2.15. The highest BCUT2D eigenvalue weighted by Crippen LogP contribution is 2.33. The summed E-state index contributed by atoms with van der Waals surface area (Å²) in [5, 5.41) is 0. The summed E-state index contributed by atoms with van der Waals surface area (Å²) in [6, 6.07) is 20.6. The zero-order valence-corrected chi connectivity index (χ0v) is 15.8. The summed E-state index contributed by atoms with van der Waals surface area (Å²) in [7, 11) is 4.20. The number of hydrogen-bond acceptors (Lipinski definition) is 4. The minimum absolute atomic E-state index is 0.786. The molecule has 1 aromatic heterocycles. The molecule has 0 aliphatic carbocycles. The van der Waals surface area contributed by atoms with E-state index in [0.29, 0.717) is 0 Å². The molecule has 1 heterocycles. The first-order chi connectivity index (χ1) is 12.1. The number of hydrogen-bond donors (Lipinski definition) is 0. The zero-order valence-electron chi connectivity index (χ0n) is 14.9. The van der Waals surface area contributed by atoms with Gasteiger partial charge in [0.2, 0.25) is 0 Å². The molecule has 3 nitrogen and oxygen atoms in total. The van der Waals surface area contributed by atoms with E-state index in [0.717, 1.165) is 40.6 Å². The zero-order chi connectivity index (χ0) is 17.6. The van der Waals surface area contributed by atoms with Crippen molar-refractivity contribution in [2.75, 3.05) is 26.4 Å². The Hall–Kier alpha value is -2.17. The summed E-state index contributed by atoms with van der Waals surface area (Å²) in [6.07, 6.45) is 0. The molecule has 128 valence electrons. The van der Waals surface area contributed by atoms with E-state index in [-0.39, 0.29) is 0 Å². The Kier molecular flexibility index (Phi) is 5.84. The van der Waals surface area contributed by atoms with Crippen LogP contribution in [-0.4, -0.2) is 41.3 Å². The van der Waals surface area contributed by atoms with E-state index in [4.69, 9.17) is 9.97 Å². The molecule has 0 N–H and O–H groups in total. The predicted octanol–water partition coefficient (Wildman–Crippen LogP) is 4.77. The monoisotopic (exact) mass is 349 g/mol. The van der Waals surface area contributed by atoms with Gasteiger partial charge in [-0.25, -0.2) is 9.97 Å². The smallest absolute Gasteiger partial charge is 0.160 e. The fraction of sp³-hybridized carbons (Fsp3) is 0.238. The van der Waals surface area contributed by atoms with Gasteiger partial charge in [-0.05, 0) is 21.0 Å². The minimum atomic E-state index is 0.786. The highest BCUT2D eigenvalue weighted by Gasteiger charge is 2.15. The third-order valence-corrected chi connectivity index (χ3v) is 5.06. The van der Waals surface area contributed by atoms with Crippen LogP contribution in [-0.2, 0) is 0 Å². The quantitative estimate of drug-likeness (QED) is 0.599. The molecule has 0 aliphatic heterocycles. The molecule has 3 rings (SSSR count). The van der Waals surface area contributed by atoms with Crippen LogP contribution in [0.3, 0.4) is 0 Å². The third-order valence-electron chi connectivity index (χ3n) is 3.90. The molecule has 0 radical (unpaired) electrons. The van der Waals surface area contributed by atoms with Crippen molar-refractivity contribution >= 4 is 11.8 Å². The Bertz CT molecular complexity index is 817. The molecule has 0 fully saturated rings. The van der Waals surface area contributed by atoms with E-state index in [2.05, 4.69) is 62.3 Å². The van der Waals surface area contributed by atoms with Gasteiger partial charge in [-0.15, -0.1) is 11.8 Å². The lowest BCUT2D eigenvalue weighted by Crippen LogP contribution is -2.15. The molecule has 25 heavy (non-hydrogen) atoms. The molecule has 0 saturated carbocycles. The Balaban J connectivity index is 2.05. The number of benzene rings is 2. The molecule has 0 bridgehead atoms. The maximum Gasteiger partial charge on any atom is 0.160 e. The number of aromatic nitrogens is 2. The van der Waals surface area contributed by atoms with Crippen LogP contribution in [0.5, 0.6) is 0 Å². The van der Waals surface area contributed by atoms with Crippen molar-refractivity contribution in [3.63, 3.8) is 0 Å². The summed E-state index contributed by atoms with van der Waals surface area (Å²) < 4.78 is 0. The normalized spacial score (nSPS) is 11.0. The van der Waals surface area contributed by atoms with Crippen molar-refractivity contribution < 1.29 is 0 Å². The van der Waals surface area contributed by atoms with Crippen molar-refractivity contribution in [1.29, 1.82) is 0 Å². The van der Waals surface area contributed by atoms with Gasteiger partial charge in [-0.2, -0.15) is 0 Å². The highest BCUT2D eigenvalue weighted by molar-refractivity contribution is 7.99. The summed E-state index contributed by atoms with van der Waals surface area (Å²) in [5.41, 5.74) is 4.25. The van der Waals surface area contributed by atoms with Crippen molar-refractivity contribution in [3.8, 4) is 22.6 Å². The van der Waals surface area contributed by atoms with Crippen molar-refractivity contribution in [3.05, 3.63) is 66.4 Å². The third kappa shape index (κ3) is 4.47. The second-order valence-electron chi connectivity index (χ2n) is 6.19. The van der Waals surface area contributed by atoms with E-state index in [9.17, 15) is 0 Å². The van der Waals surface area contributed by atoms with Gasteiger partial charge in [0.25, 0.3) is 0 Å². The van der Waals surface area contributed by atoms with Crippen molar-refractivity contribution in [1.82, 2.24) is 14.9 Å². The van der Waals surface area contributed by atoms with E-state index in [1.807, 2.05) is 36.0 Å². The van der Waals surface area contributed by atoms with Crippen LogP contribution in [0.4, 0.5) is 0 Å². The largest absolute Gasteiger partial charge is 0.309 e. The summed E-state index contributed by atoms with van der Waals surface area (Å²) in [4.78, 5) is 13.1. The van der Waals surface area contributed by atoms with E-state index < -0.39 is 0 Å². The van der Waals surface area contributed by atoms with E-state index in [1.165, 1.54) is 4.90 Å². The molecule has 0 amide bonds. The van der Waals surface area contributed by atoms with Gasteiger partial charge in [0, 0.05) is 23.4 Å². The first kappa shape index (κ1) is 17.6. The van der Waals surface area contributed by atoms with Gasteiger partial charge >= 0.3 is 0 Å². The SMILES string of the molecule is Cc1nc(-c2ccccc2)nc(-c2ccccc2)c1SCCN(C)C. The average Bonchev–Trinajstić information content (AvgIpc) is 2.64. The molecule has 0 atom stereocenters. The van der Waals surface area contributed by atoms with Crippen LogP contribution in [0.1, 0.15) is 5.69 Å². The number of aryl methyl sites for hydroxylation is 1. The van der Waals surface area contributed by atoms with Crippen LogP contribution < -0.4 is 0 Å². The van der Waals surface area contributed by atoms with Crippen LogP contribution in [0.25, 0.3) is 22.6 Å². The van der Waals surface area contributed by atoms with Gasteiger partial charge in [0.05, 0.1) is 16.3 Å². The van der Waals surface area contributed by atoms with Gasteiger partial charge in [0.15, 0.2) is 5.82 Å². The minimum Gasteiger partial charge on any atom is -0.309 e.